The van der Waals surface area contributed by atoms with Crippen molar-refractivity contribution < 1.29 is 9.84 Å². The summed E-state index contributed by atoms with van der Waals surface area (Å²) in [5, 5.41) is 10.9. The zero-order valence-electron chi connectivity index (χ0n) is 14.8. The maximum atomic E-state index is 10.9. The monoisotopic (exact) mass is 324 g/mol. The highest BCUT2D eigenvalue weighted by Gasteiger charge is 2.33. The molecule has 1 N–H and O–H groups in total. The van der Waals surface area contributed by atoms with Crippen molar-refractivity contribution in [3.05, 3.63) is 54.1 Å². The van der Waals surface area contributed by atoms with Crippen LogP contribution in [-0.4, -0.2) is 11.7 Å². The van der Waals surface area contributed by atoms with Gasteiger partial charge in [-0.1, -0.05) is 50.2 Å². The second-order valence-corrected chi connectivity index (χ2v) is 7.16. The zero-order valence-corrected chi connectivity index (χ0v) is 14.8. The number of hydrogen-bond acceptors (Lipinski definition) is 2. The van der Waals surface area contributed by atoms with E-state index in [1.54, 1.807) is 0 Å². The number of ether oxygens (including phenoxy) is 1. The first-order valence-electron chi connectivity index (χ1n) is 9.17. The molecule has 0 saturated heterocycles. The van der Waals surface area contributed by atoms with Crippen molar-refractivity contribution in [1.82, 2.24) is 0 Å². The molecule has 24 heavy (non-hydrogen) atoms. The lowest BCUT2D eigenvalue weighted by molar-refractivity contribution is -0.0120. The predicted molar refractivity (Wildman–Crippen MR) is 99.2 cm³/mol. The van der Waals surface area contributed by atoms with Crippen LogP contribution in [0, 0.1) is 5.92 Å². The third-order valence-electron chi connectivity index (χ3n) is 5.18. The second kappa shape index (κ2) is 7.40. The van der Waals surface area contributed by atoms with Gasteiger partial charge in [-0.05, 0) is 66.8 Å². The Kier molecular flexibility index (Phi) is 5.25. The van der Waals surface area contributed by atoms with E-state index in [9.17, 15) is 5.11 Å². The lowest BCUT2D eigenvalue weighted by Gasteiger charge is -2.35. The Morgan fingerprint density at radius 1 is 0.958 bits per heavy atom. The molecule has 1 aliphatic carbocycles. The molecule has 128 valence electrons. The van der Waals surface area contributed by atoms with Gasteiger partial charge < -0.3 is 9.84 Å². The molecule has 2 aromatic carbocycles. The van der Waals surface area contributed by atoms with E-state index in [2.05, 4.69) is 50.2 Å². The van der Waals surface area contributed by atoms with Gasteiger partial charge >= 0.3 is 0 Å². The average Bonchev–Trinajstić information content (AvgIpc) is 2.63. The molecule has 0 bridgehead atoms. The summed E-state index contributed by atoms with van der Waals surface area (Å²) in [6.45, 7) is 5.14. The maximum absolute atomic E-state index is 10.9. The Morgan fingerprint density at radius 2 is 1.50 bits per heavy atom. The minimum atomic E-state index is -0.636. The first-order valence-corrected chi connectivity index (χ1v) is 9.17. The SMILES string of the molecule is CCCOc1ccc(-c2ccc(C3(O)CCC(C)CC3)cc2)cc1. The maximum Gasteiger partial charge on any atom is 0.119 e. The molecule has 0 radical (unpaired) electrons. The fraction of sp³-hybridized carbons (Fsp3) is 0.455. The van der Waals surface area contributed by atoms with Gasteiger partial charge in [-0.25, -0.2) is 0 Å². The van der Waals surface area contributed by atoms with Gasteiger partial charge in [0.05, 0.1) is 12.2 Å². The zero-order chi connectivity index (χ0) is 17.0. The van der Waals surface area contributed by atoms with E-state index in [4.69, 9.17) is 4.74 Å². The normalized spacial score (nSPS) is 23.9. The predicted octanol–water partition coefficient (Wildman–Crippen LogP) is 5.54. The molecule has 0 aromatic heterocycles. The molecule has 1 saturated carbocycles. The highest BCUT2D eigenvalue weighted by Crippen LogP contribution is 2.39. The largest absolute Gasteiger partial charge is 0.494 e. The second-order valence-electron chi connectivity index (χ2n) is 7.16. The Labute approximate surface area is 145 Å². The molecular formula is C22H28O2. The van der Waals surface area contributed by atoms with Crippen molar-refractivity contribution >= 4 is 0 Å². The van der Waals surface area contributed by atoms with Crippen LogP contribution < -0.4 is 4.74 Å². The summed E-state index contributed by atoms with van der Waals surface area (Å²) < 4.78 is 5.63. The summed E-state index contributed by atoms with van der Waals surface area (Å²) in [6.07, 6.45) is 4.98. The summed E-state index contributed by atoms with van der Waals surface area (Å²) in [4.78, 5) is 0. The summed E-state index contributed by atoms with van der Waals surface area (Å²) in [5.41, 5.74) is 2.77. The van der Waals surface area contributed by atoms with E-state index in [0.717, 1.165) is 55.9 Å². The third kappa shape index (κ3) is 3.81. The Bertz CT molecular complexity index is 635. The van der Waals surface area contributed by atoms with Gasteiger partial charge in [0.1, 0.15) is 5.75 Å². The molecule has 1 fully saturated rings. The van der Waals surface area contributed by atoms with Crippen molar-refractivity contribution in [2.24, 2.45) is 5.92 Å². The minimum absolute atomic E-state index is 0.636. The van der Waals surface area contributed by atoms with E-state index in [-0.39, 0.29) is 0 Å². The molecule has 0 unspecified atom stereocenters. The first-order chi connectivity index (χ1) is 11.6. The van der Waals surface area contributed by atoms with Crippen LogP contribution in [0.25, 0.3) is 11.1 Å². The smallest absolute Gasteiger partial charge is 0.119 e. The van der Waals surface area contributed by atoms with Crippen LogP contribution in [0.4, 0.5) is 0 Å². The molecule has 2 nitrogen and oxygen atoms in total. The van der Waals surface area contributed by atoms with Gasteiger partial charge in [0, 0.05) is 0 Å². The van der Waals surface area contributed by atoms with Gasteiger partial charge in [-0.2, -0.15) is 0 Å². The van der Waals surface area contributed by atoms with E-state index in [1.807, 2.05) is 12.1 Å². The van der Waals surface area contributed by atoms with Crippen LogP contribution in [0.3, 0.4) is 0 Å². The summed E-state index contributed by atoms with van der Waals surface area (Å²) >= 11 is 0. The van der Waals surface area contributed by atoms with Crippen LogP contribution in [-0.2, 0) is 5.60 Å². The fourth-order valence-electron chi connectivity index (χ4n) is 3.46. The summed E-state index contributed by atoms with van der Waals surface area (Å²) in [7, 11) is 0. The molecule has 2 aromatic rings. The molecule has 0 aliphatic heterocycles. The van der Waals surface area contributed by atoms with Crippen LogP contribution in [0.5, 0.6) is 5.75 Å². The lowest BCUT2D eigenvalue weighted by atomic mass is 9.75. The molecule has 3 rings (SSSR count). The Balaban J connectivity index is 1.72. The van der Waals surface area contributed by atoms with E-state index in [1.165, 1.54) is 11.1 Å². The van der Waals surface area contributed by atoms with Crippen LogP contribution in [0.15, 0.2) is 48.5 Å². The van der Waals surface area contributed by atoms with Crippen molar-refractivity contribution in [3.63, 3.8) is 0 Å². The Hall–Kier alpha value is -1.80. The van der Waals surface area contributed by atoms with Gasteiger partial charge in [-0.15, -0.1) is 0 Å². The molecular weight excluding hydrogens is 296 g/mol. The Morgan fingerprint density at radius 3 is 2.04 bits per heavy atom. The number of benzene rings is 2. The molecule has 0 spiro atoms. The summed E-state index contributed by atoms with van der Waals surface area (Å²) in [5.74, 6) is 1.65. The van der Waals surface area contributed by atoms with Crippen LogP contribution in [0.2, 0.25) is 0 Å². The van der Waals surface area contributed by atoms with Crippen LogP contribution >= 0.6 is 0 Å². The van der Waals surface area contributed by atoms with Gasteiger partial charge in [0.2, 0.25) is 0 Å². The fourth-order valence-corrected chi connectivity index (χ4v) is 3.46. The van der Waals surface area contributed by atoms with Crippen LogP contribution in [0.1, 0.15) is 51.5 Å². The number of aliphatic hydroxyl groups is 1. The van der Waals surface area contributed by atoms with Gasteiger partial charge in [-0.3, -0.25) is 0 Å². The topological polar surface area (TPSA) is 29.5 Å². The van der Waals surface area contributed by atoms with E-state index < -0.39 is 5.60 Å². The average molecular weight is 324 g/mol. The first kappa shape index (κ1) is 17.0. The number of hydrogen-bond donors (Lipinski definition) is 1. The van der Waals surface area contributed by atoms with Crippen molar-refractivity contribution in [2.45, 2.75) is 51.6 Å². The van der Waals surface area contributed by atoms with Crippen molar-refractivity contribution in [2.75, 3.05) is 6.61 Å². The molecule has 2 heteroatoms. The highest BCUT2D eigenvalue weighted by atomic mass is 16.5. The molecule has 0 atom stereocenters. The lowest BCUT2D eigenvalue weighted by Crippen LogP contribution is -2.30. The van der Waals surface area contributed by atoms with E-state index in [0.29, 0.717) is 0 Å². The number of rotatable bonds is 5. The van der Waals surface area contributed by atoms with Crippen molar-refractivity contribution in [1.29, 1.82) is 0 Å². The minimum Gasteiger partial charge on any atom is -0.494 e. The third-order valence-corrected chi connectivity index (χ3v) is 5.18. The molecule has 0 heterocycles. The molecule has 0 amide bonds. The van der Waals surface area contributed by atoms with Gasteiger partial charge in [0.15, 0.2) is 0 Å². The summed E-state index contributed by atoms with van der Waals surface area (Å²) in [6, 6.07) is 16.7. The highest BCUT2D eigenvalue weighted by molar-refractivity contribution is 5.64. The standard InChI is InChI=1S/C22H28O2/c1-3-16-24-21-10-6-19(7-11-21)18-4-8-20(9-5-18)22(23)14-12-17(2)13-15-22/h4-11,17,23H,3,12-16H2,1-2H3. The van der Waals surface area contributed by atoms with Gasteiger partial charge in [0.25, 0.3) is 0 Å². The van der Waals surface area contributed by atoms with E-state index >= 15 is 0 Å². The quantitative estimate of drug-likeness (QED) is 0.782. The molecule has 1 aliphatic rings. The van der Waals surface area contributed by atoms with Crippen molar-refractivity contribution in [3.8, 4) is 16.9 Å².